The average molecular weight is 258 g/mol. The van der Waals surface area contributed by atoms with Crippen LogP contribution >= 0.6 is 11.8 Å². The zero-order chi connectivity index (χ0) is 12.9. The van der Waals surface area contributed by atoms with E-state index in [-0.39, 0.29) is 11.9 Å². The van der Waals surface area contributed by atoms with E-state index in [1.807, 2.05) is 18.7 Å². The highest BCUT2D eigenvalue weighted by Gasteiger charge is 2.41. The first kappa shape index (κ1) is 14.8. The zero-order valence-corrected chi connectivity index (χ0v) is 12.3. The summed E-state index contributed by atoms with van der Waals surface area (Å²) in [5.41, 5.74) is 0. The van der Waals surface area contributed by atoms with Gasteiger partial charge in [-0.05, 0) is 38.9 Å². The lowest BCUT2D eigenvalue weighted by molar-refractivity contribution is -0.123. The summed E-state index contributed by atoms with van der Waals surface area (Å²) in [6.45, 7) is 7.12. The van der Waals surface area contributed by atoms with Crippen molar-refractivity contribution in [3.63, 3.8) is 0 Å². The molecule has 1 atom stereocenters. The molecule has 1 rings (SSSR count). The van der Waals surface area contributed by atoms with E-state index in [2.05, 4.69) is 30.7 Å². The predicted molar refractivity (Wildman–Crippen MR) is 75.5 cm³/mol. The molecule has 0 aromatic heterocycles. The second kappa shape index (κ2) is 6.64. The molecule has 1 saturated carbocycles. The average Bonchev–Trinajstić information content (AvgIpc) is 3.13. The molecular formula is C13H26N2OS. The Morgan fingerprint density at radius 3 is 2.35 bits per heavy atom. The van der Waals surface area contributed by atoms with Crippen LogP contribution in [-0.4, -0.2) is 35.5 Å². The Morgan fingerprint density at radius 1 is 1.35 bits per heavy atom. The van der Waals surface area contributed by atoms with Gasteiger partial charge < -0.3 is 10.6 Å². The Kier molecular flexibility index (Phi) is 5.80. The molecule has 1 aliphatic rings. The van der Waals surface area contributed by atoms with Crippen LogP contribution in [0.5, 0.6) is 0 Å². The Hall–Kier alpha value is -0.220. The van der Waals surface area contributed by atoms with Gasteiger partial charge in [-0.1, -0.05) is 13.8 Å². The van der Waals surface area contributed by atoms with E-state index < -0.39 is 0 Å². The third kappa shape index (κ3) is 4.51. The van der Waals surface area contributed by atoms with Crippen molar-refractivity contribution in [1.82, 2.24) is 10.6 Å². The van der Waals surface area contributed by atoms with Crippen LogP contribution < -0.4 is 10.6 Å². The summed E-state index contributed by atoms with van der Waals surface area (Å²) < 4.78 is 0.420. The summed E-state index contributed by atoms with van der Waals surface area (Å²) in [7, 11) is 0. The van der Waals surface area contributed by atoms with Crippen molar-refractivity contribution < 1.29 is 4.79 Å². The first-order chi connectivity index (χ1) is 8.06. The fourth-order valence-corrected chi connectivity index (χ4v) is 2.58. The van der Waals surface area contributed by atoms with Gasteiger partial charge in [0.15, 0.2) is 0 Å². The largest absolute Gasteiger partial charge is 0.352 e. The summed E-state index contributed by atoms with van der Waals surface area (Å²) in [5.74, 6) is 0.135. The molecular weight excluding hydrogens is 232 g/mol. The molecule has 17 heavy (non-hydrogen) atoms. The molecule has 0 aromatic rings. The van der Waals surface area contributed by atoms with E-state index in [0.29, 0.717) is 10.8 Å². The lowest BCUT2D eigenvalue weighted by Crippen LogP contribution is -2.47. The molecule has 0 aromatic carbocycles. The van der Waals surface area contributed by atoms with Gasteiger partial charge in [0.25, 0.3) is 0 Å². The van der Waals surface area contributed by atoms with Crippen LogP contribution in [0, 0.1) is 0 Å². The number of rotatable bonds is 8. The summed E-state index contributed by atoms with van der Waals surface area (Å²) in [4.78, 5) is 11.9. The quantitative estimate of drug-likeness (QED) is 0.701. The van der Waals surface area contributed by atoms with E-state index in [1.165, 1.54) is 12.8 Å². The summed E-state index contributed by atoms with van der Waals surface area (Å²) in [5, 5.41) is 6.44. The fraction of sp³-hybridized carbons (Fsp3) is 0.923. The van der Waals surface area contributed by atoms with E-state index >= 15 is 0 Å². The first-order valence-electron chi connectivity index (χ1n) is 6.65. The van der Waals surface area contributed by atoms with Gasteiger partial charge in [-0.25, -0.2) is 0 Å². The molecule has 4 heteroatoms. The minimum Gasteiger partial charge on any atom is -0.352 e. The van der Waals surface area contributed by atoms with Gasteiger partial charge in [0.1, 0.15) is 0 Å². The molecule has 0 heterocycles. The maximum Gasteiger partial charge on any atom is 0.237 e. The highest BCUT2D eigenvalue weighted by Crippen LogP contribution is 2.46. The van der Waals surface area contributed by atoms with Crippen LogP contribution in [-0.2, 0) is 4.79 Å². The van der Waals surface area contributed by atoms with Crippen LogP contribution in [0.4, 0.5) is 0 Å². The van der Waals surface area contributed by atoms with Crippen LogP contribution in [0.25, 0.3) is 0 Å². The van der Waals surface area contributed by atoms with Crippen molar-refractivity contribution in [3.8, 4) is 0 Å². The maximum atomic E-state index is 11.9. The normalized spacial score (nSPS) is 19.1. The van der Waals surface area contributed by atoms with Crippen molar-refractivity contribution in [2.45, 2.75) is 63.3 Å². The number of amides is 1. The second-order valence-electron chi connectivity index (χ2n) is 5.01. The monoisotopic (exact) mass is 258 g/mol. The van der Waals surface area contributed by atoms with E-state index in [0.717, 1.165) is 19.4 Å². The molecule has 0 radical (unpaired) electrons. The van der Waals surface area contributed by atoms with Gasteiger partial charge in [0.05, 0.1) is 6.04 Å². The molecule has 1 aliphatic carbocycles. The number of hydrogen-bond donors (Lipinski definition) is 2. The van der Waals surface area contributed by atoms with Crippen molar-refractivity contribution in [1.29, 1.82) is 0 Å². The highest BCUT2D eigenvalue weighted by atomic mass is 32.2. The van der Waals surface area contributed by atoms with Gasteiger partial charge in [-0.2, -0.15) is 11.8 Å². The second-order valence-corrected chi connectivity index (χ2v) is 6.29. The molecule has 100 valence electrons. The molecule has 0 spiro atoms. The number of carbonyl (C=O) groups is 1. The smallest absolute Gasteiger partial charge is 0.237 e. The Balaban J connectivity index is 2.26. The van der Waals surface area contributed by atoms with E-state index in [9.17, 15) is 4.79 Å². The SMILES string of the molecule is CCC(CC)NC(=O)C(C)NCC1(SC)CC1. The third-order valence-corrected chi connectivity index (χ3v) is 5.11. The zero-order valence-electron chi connectivity index (χ0n) is 11.5. The lowest BCUT2D eigenvalue weighted by atomic mass is 10.1. The van der Waals surface area contributed by atoms with E-state index in [1.54, 1.807) is 0 Å². The standard InChI is InChI=1S/C13H26N2OS/c1-5-11(6-2)15-12(16)10(3)14-9-13(17-4)7-8-13/h10-11,14H,5-9H2,1-4H3,(H,15,16). The Bertz CT molecular complexity index is 250. The van der Waals surface area contributed by atoms with Gasteiger partial charge in [0.2, 0.25) is 5.91 Å². The summed E-state index contributed by atoms with van der Waals surface area (Å²) >= 11 is 1.92. The Morgan fingerprint density at radius 2 is 1.94 bits per heavy atom. The molecule has 2 N–H and O–H groups in total. The number of hydrogen-bond acceptors (Lipinski definition) is 3. The number of thioether (sulfide) groups is 1. The summed E-state index contributed by atoms with van der Waals surface area (Å²) in [6, 6.07) is 0.238. The van der Waals surface area contributed by atoms with Crippen molar-refractivity contribution in [3.05, 3.63) is 0 Å². The van der Waals surface area contributed by atoms with Gasteiger partial charge in [0, 0.05) is 17.3 Å². The highest BCUT2D eigenvalue weighted by molar-refractivity contribution is 8.00. The van der Waals surface area contributed by atoms with Crippen LogP contribution in [0.3, 0.4) is 0 Å². The lowest BCUT2D eigenvalue weighted by Gasteiger charge is -2.21. The van der Waals surface area contributed by atoms with Crippen LogP contribution in [0.2, 0.25) is 0 Å². The number of nitrogens with one attached hydrogen (secondary N) is 2. The molecule has 0 saturated heterocycles. The predicted octanol–water partition coefficient (Wildman–Crippen LogP) is 2.16. The third-order valence-electron chi connectivity index (χ3n) is 3.70. The Labute approximate surface area is 109 Å². The molecule has 0 aliphatic heterocycles. The topological polar surface area (TPSA) is 41.1 Å². The van der Waals surface area contributed by atoms with Crippen molar-refractivity contribution >= 4 is 17.7 Å². The number of carbonyl (C=O) groups excluding carboxylic acids is 1. The maximum absolute atomic E-state index is 11.9. The molecule has 1 fully saturated rings. The molecule has 1 unspecified atom stereocenters. The first-order valence-corrected chi connectivity index (χ1v) is 7.88. The summed E-state index contributed by atoms with van der Waals surface area (Å²) in [6.07, 6.45) is 6.72. The van der Waals surface area contributed by atoms with Crippen LogP contribution in [0.1, 0.15) is 46.5 Å². The van der Waals surface area contributed by atoms with Gasteiger partial charge in [-0.3, -0.25) is 4.79 Å². The molecule has 0 bridgehead atoms. The van der Waals surface area contributed by atoms with Crippen LogP contribution in [0.15, 0.2) is 0 Å². The van der Waals surface area contributed by atoms with Crippen molar-refractivity contribution in [2.75, 3.05) is 12.8 Å². The van der Waals surface area contributed by atoms with E-state index in [4.69, 9.17) is 0 Å². The minimum atomic E-state index is -0.0831. The fourth-order valence-electron chi connectivity index (χ4n) is 1.84. The molecule has 3 nitrogen and oxygen atoms in total. The molecule has 1 amide bonds. The van der Waals surface area contributed by atoms with Gasteiger partial charge >= 0.3 is 0 Å². The minimum absolute atomic E-state index is 0.0831. The van der Waals surface area contributed by atoms with Crippen molar-refractivity contribution in [2.24, 2.45) is 0 Å². The van der Waals surface area contributed by atoms with Gasteiger partial charge in [-0.15, -0.1) is 0 Å².